The Hall–Kier alpha value is -0.160. The molecule has 0 aromatic heterocycles. The van der Waals surface area contributed by atoms with Crippen LogP contribution in [0.3, 0.4) is 0 Å². The summed E-state index contributed by atoms with van der Waals surface area (Å²) in [6, 6.07) is 0.362. The zero-order valence-electron chi connectivity index (χ0n) is 11.4. The van der Waals surface area contributed by atoms with Crippen molar-refractivity contribution in [1.29, 1.82) is 0 Å². The van der Waals surface area contributed by atoms with Gasteiger partial charge in [0.1, 0.15) is 0 Å². The second-order valence-electron chi connectivity index (χ2n) is 5.64. The fourth-order valence-electron chi connectivity index (χ4n) is 2.51. The van der Waals surface area contributed by atoms with E-state index in [1.165, 1.54) is 0 Å². The summed E-state index contributed by atoms with van der Waals surface area (Å²) in [4.78, 5) is 2.33. The number of hydrogen-bond donors (Lipinski definition) is 2. The van der Waals surface area contributed by atoms with Crippen molar-refractivity contribution in [2.75, 3.05) is 32.9 Å². The second-order valence-corrected chi connectivity index (χ2v) is 5.64. The molecular formula is C13H27NO3. The summed E-state index contributed by atoms with van der Waals surface area (Å²) < 4.78 is 5.52. The normalized spacial score (nSPS) is 30.2. The van der Waals surface area contributed by atoms with Crippen LogP contribution in [-0.2, 0) is 4.74 Å². The SMILES string of the molecule is CCCC(C)(CO)CN1CC(CO)OCC1C. The lowest BCUT2D eigenvalue weighted by Crippen LogP contribution is -2.53. The lowest BCUT2D eigenvalue weighted by Gasteiger charge is -2.42. The van der Waals surface area contributed by atoms with Crippen molar-refractivity contribution in [3.05, 3.63) is 0 Å². The van der Waals surface area contributed by atoms with Crippen molar-refractivity contribution in [2.24, 2.45) is 5.41 Å². The highest BCUT2D eigenvalue weighted by molar-refractivity contribution is 4.84. The third kappa shape index (κ3) is 4.21. The molecule has 0 bridgehead atoms. The van der Waals surface area contributed by atoms with Gasteiger partial charge in [0, 0.05) is 31.2 Å². The average Bonchev–Trinajstić information content (AvgIpc) is 2.32. The molecule has 0 saturated carbocycles. The summed E-state index contributed by atoms with van der Waals surface area (Å²) in [6.45, 7) is 9.01. The maximum absolute atomic E-state index is 9.55. The van der Waals surface area contributed by atoms with Crippen LogP contribution >= 0.6 is 0 Å². The summed E-state index contributed by atoms with van der Waals surface area (Å²) >= 11 is 0. The summed E-state index contributed by atoms with van der Waals surface area (Å²) in [7, 11) is 0. The molecule has 0 spiro atoms. The Bertz CT molecular complexity index is 225. The number of nitrogens with zero attached hydrogens (tertiary/aromatic N) is 1. The molecule has 0 amide bonds. The number of morpholine rings is 1. The van der Waals surface area contributed by atoms with Gasteiger partial charge in [-0.1, -0.05) is 20.3 Å². The summed E-state index contributed by atoms with van der Waals surface area (Å²) in [5, 5.41) is 18.7. The molecule has 102 valence electrons. The van der Waals surface area contributed by atoms with E-state index in [1.54, 1.807) is 0 Å². The Labute approximate surface area is 105 Å². The van der Waals surface area contributed by atoms with Gasteiger partial charge in [-0.3, -0.25) is 4.90 Å². The molecule has 1 saturated heterocycles. The van der Waals surface area contributed by atoms with Gasteiger partial charge in [0.05, 0.1) is 19.3 Å². The summed E-state index contributed by atoms with van der Waals surface area (Å²) in [6.07, 6.45) is 2.03. The number of aliphatic hydroxyl groups excluding tert-OH is 2. The standard InChI is InChI=1S/C13H27NO3/c1-4-5-13(3,10-16)9-14-6-12(7-15)17-8-11(14)2/h11-12,15-16H,4-10H2,1-3H3. The maximum Gasteiger partial charge on any atom is 0.0933 e. The molecule has 0 aliphatic carbocycles. The second kappa shape index (κ2) is 6.69. The lowest BCUT2D eigenvalue weighted by atomic mass is 9.85. The van der Waals surface area contributed by atoms with E-state index in [2.05, 4.69) is 25.7 Å². The van der Waals surface area contributed by atoms with Crippen molar-refractivity contribution in [3.63, 3.8) is 0 Å². The molecule has 3 atom stereocenters. The van der Waals surface area contributed by atoms with Crippen molar-refractivity contribution in [2.45, 2.75) is 45.8 Å². The lowest BCUT2D eigenvalue weighted by molar-refractivity contribution is -0.0910. The van der Waals surface area contributed by atoms with Gasteiger partial charge in [0.25, 0.3) is 0 Å². The van der Waals surface area contributed by atoms with Crippen LogP contribution in [0.5, 0.6) is 0 Å². The molecule has 1 rings (SSSR count). The highest BCUT2D eigenvalue weighted by Gasteiger charge is 2.32. The number of rotatable bonds is 6. The van der Waals surface area contributed by atoms with E-state index >= 15 is 0 Å². The topological polar surface area (TPSA) is 52.9 Å². The number of aliphatic hydroxyl groups is 2. The highest BCUT2D eigenvalue weighted by atomic mass is 16.5. The Balaban J connectivity index is 2.57. The van der Waals surface area contributed by atoms with E-state index in [0.717, 1.165) is 25.9 Å². The molecule has 0 aromatic rings. The Kier molecular flexibility index (Phi) is 5.86. The first kappa shape index (κ1) is 14.9. The van der Waals surface area contributed by atoms with Crippen molar-refractivity contribution in [1.82, 2.24) is 4.90 Å². The van der Waals surface area contributed by atoms with E-state index < -0.39 is 0 Å². The molecule has 1 heterocycles. The maximum atomic E-state index is 9.55. The van der Waals surface area contributed by atoms with Crippen LogP contribution in [0.2, 0.25) is 0 Å². The van der Waals surface area contributed by atoms with Gasteiger partial charge in [-0.05, 0) is 13.3 Å². The van der Waals surface area contributed by atoms with Crippen LogP contribution in [0, 0.1) is 5.41 Å². The largest absolute Gasteiger partial charge is 0.396 e. The molecule has 0 radical (unpaired) electrons. The summed E-state index contributed by atoms with van der Waals surface area (Å²) in [5.74, 6) is 0. The third-order valence-corrected chi connectivity index (χ3v) is 3.66. The number of ether oxygens (including phenoxy) is 1. The van der Waals surface area contributed by atoms with E-state index in [-0.39, 0.29) is 24.7 Å². The fourth-order valence-corrected chi connectivity index (χ4v) is 2.51. The van der Waals surface area contributed by atoms with Gasteiger partial charge < -0.3 is 14.9 Å². The zero-order chi connectivity index (χ0) is 12.9. The van der Waals surface area contributed by atoms with Crippen molar-refractivity contribution < 1.29 is 14.9 Å². The zero-order valence-corrected chi connectivity index (χ0v) is 11.4. The molecule has 2 N–H and O–H groups in total. The van der Waals surface area contributed by atoms with Crippen LogP contribution in [0.15, 0.2) is 0 Å². The van der Waals surface area contributed by atoms with Crippen LogP contribution in [0.1, 0.15) is 33.6 Å². The third-order valence-electron chi connectivity index (χ3n) is 3.66. The molecule has 4 heteroatoms. The van der Waals surface area contributed by atoms with Gasteiger partial charge in [0.15, 0.2) is 0 Å². The monoisotopic (exact) mass is 245 g/mol. The van der Waals surface area contributed by atoms with Crippen LogP contribution in [0.25, 0.3) is 0 Å². The van der Waals surface area contributed by atoms with Gasteiger partial charge in [0.2, 0.25) is 0 Å². The molecular weight excluding hydrogens is 218 g/mol. The molecule has 0 aromatic carbocycles. The molecule has 3 unspecified atom stereocenters. The Morgan fingerprint density at radius 2 is 2.12 bits per heavy atom. The predicted molar refractivity (Wildman–Crippen MR) is 68.0 cm³/mol. The first-order chi connectivity index (χ1) is 8.04. The van der Waals surface area contributed by atoms with Crippen LogP contribution in [0.4, 0.5) is 0 Å². The fraction of sp³-hybridized carbons (Fsp3) is 1.00. The van der Waals surface area contributed by atoms with E-state index in [0.29, 0.717) is 12.6 Å². The van der Waals surface area contributed by atoms with Crippen LogP contribution < -0.4 is 0 Å². The predicted octanol–water partition coefficient (Wildman–Crippen LogP) is 0.867. The van der Waals surface area contributed by atoms with Crippen LogP contribution in [-0.4, -0.2) is 60.2 Å². The quantitative estimate of drug-likeness (QED) is 0.729. The van der Waals surface area contributed by atoms with Crippen molar-refractivity contribution >= 4 is 0 Å². The van der Waals surface area contributed by atoms with Gasteiger partial charge in [-0.15, -0.1) is 0 Å². The minimum atomic E-state index is -0.0734. The first-order valence-corrected chi connectivity index (χ1v) is 6.62. The van der Waals surface area contributed by atoms with E-state index in [9.17, 15) is 5.11 Å². The highest BCUT2D eigenvalue weighted by Crippen LogP contribution is 2.26. The minimum Gasteiger partial charge on any atom is -0.396 e. The van der Waals surface area contributed by atoms with Crippen molar-refractivity contribution in [3.8, 4) is 0 Å². The molecule has 17 heavy (non-hydrogen) atoms. The van der Waals surface area contributed by atoms with Gasteiger partial charge in [-0.25, -0.2) is 0 Å². The molecule has 1 fully saturated rings. The minimum absolute atomic E-state index is 0.0413. The Morgan fingerprint density at radius 1 is 1.41 bits per heavy atom. The number of hydrogen-bond acceptors (Lipinski definition) is 4. The summed E-state index contributed by atoms with van der Waals surface area (Å²) in [5.41, 5.74) is -0.0413. The first-order valence-electron chi connectivity index (χ1n) is 6.62. The van der Waals surface area contributed by atoms with E-state index in [1.807, 2.05) is 0 Å². The smallest absolute Gasteiger partial charge is 0.0933 e. The van der Waals surface area contributed by atoms with Gasteiger partial charge in [-0.2, -0.15) is 0 Å². The molecule has 4 nitrogen and oxygen atoms in total. The van der Waals surface area contributed by atoms with E-state index in [4.69, 9.17) is 9.84 Å². The Morgan fingerprint density at radius 3 is 2.65 bits per heavy atom. The molecule has 1 aliphatic heterocycles. The molecule has 1 aliphatic rings. The average molecular weight is 245 g/mol. The van der Waals surface area contributed by atoms with Gasteiger partial charge >= 0.3 is 0 Å².